The highest BCUT2D eigenvalue weighted by Gasteiger charge is 2.29. The van der Waals surface area contributed by atoms with Gasteiger partial charge in [0.1, 0.15) is 5.76 Å². The fourth-order valence-corrected chi connectivity index (χ4v) is 3.01. The summed E-state index contributed by atoms with van der Waals surface area (Å²) in [5, 5.41) is 4.30. The number of hydrogen-bond acceptors (Lipinski definition) is 3. The Labute approximate surface area is 114 Å². The quantitative estimate of drug-likeness (QED) is 0.829. The normalized spacial score (nSPS) is 24.4. The molecule has 0 unspecified atom stereocenters. The van der Waals surface area contributed by atoms with Crippen LogP contribution in [0.4, 0.5) is 0 Å². The van der Waals surface area contributed by atoms with Gasteiger partial charge in [0.05, 0.1) is 11.8 Å². The molecule has 1 aliphatic rings. The molecule has 1 aromatic heterocycles. The molecule has 0 aliphatic heterocycles. The Morgan fingerprint density at radius 2 is 2.26 bits per heavy atom. The monoisotopic (exact) mass is 262 g/mol. The van der Waals surface area contributed by atoms with Crippen molar-refractivity contribution in [2.24, 2.45) is 16.4 Å². The van der Waals surface area contributed by atoms with Gasteiger partial charge in [0.2, 0.25) is 0 Å². The van der Waals surface area contributed by atoms with Crippen LogP contribution in [0, 0.1) is 18.3 Å². The van der Waals surface area contributed by atoms with Crippen LogP contribution in [-0.2, 0) is 0 Å². The Morgan fingerprint density at radius 3 is 2.84 bits per heavy atom. The second-order valence-corrected chi connectivity index (χ2v) is 6.36. The summed E-state index contributed by atoms with van der Waals surface area (Å²) in [5.41, 5.74) is 4.54. The molecule has 1 atom stereocenters. The maximum absolute atomic E-state index is 11.9. The van der Waals surface area contributed by atoms with E-state index in [-0.39, 0.29) is 11.3 Å². The van der Waals surface area contributed by atoms with Crippen LogP contribution in [0.5, 0.6) is 0 Å². The molecule has 1 aromatic rings. The molecule has 1 heterocycles. The first-order valence-electron chi connectivity index (χ1n) is 6.77. The average Bonchev–Trinajstić information content (AvgIpc) is 2.69. The lowest BCUT2D eigenvalue weighted by atomic mass is 9.72. The van der Waals surface area contributed by atoms with Crippen LogP contribution in [0.15, 0.2) is 21.8 Å². The molecular formula is C15H22N2O2. The van der Waals surface area contributed by atoms with Gasteiger partial charge in [-0.25, -0.2) is 5.43 Å². The lowest BCUT2D eigenvalue weighted by Crippen LogP contribution is -2.30. The summed E-state index contributed by atoms with van der Waals surface area (Å²) in [7, 11) is 0. The summed E-state index contributed by atoms with van der Waals surface area (Å²) in [6, 6.07) is 1.66. The predicted octanol–water partition coefficient (Wildman–Crippen LogP) is 3.52. The van der Waals surface area contributed by atoms with E-state index in [1.54, 1.807) is 13.0 Å². The number of rotatable bonds is 2. The van der Waals surface area contributed by atoms with E-state index in [4.69, 9.17) is 4.42 Å². The van der Waals surface area contributed by atoms with Gasteiger partial charge in [0.15, 0.2) is 0 Å². The molecule has 19 heavy (non-hydrogen) atoms. The van der Waals surface area contributed by atoms with E-state index in [0.717, 1.165) is 18.6 Å². The van der Waals surface area contributed by atoms with Crippen molar-refractivity contribution in [3.05, 3.63) is 23.7 Å². The van der Waals surface area contributed by atoms with Crippen molar-refractivity contribution in [2.45, 2.75) is 47.0 Å². The molecule has 104 valence electrons. The Bertz CT molecular complexity index is 500. The first kappa shape index (κ1) is 13.8. The molecule has 0 aromatic carbocycles. The summed E-state index contributed by atoms with van der Waals surface area (Å²) < 4.78 is 5.12. The molecule has 1 aliphatic carbocycles. The molecule has 0 radical (unpaired) electrons. The van der Waals surface area contributed by atoms with Gasteiger partial charge in [-0.2, -0.15) is 5.10 Å². The van der Waals surface area contributed by atoms with Crippen molar-refractivity contribution in [1.29, 1.82) is 0 Å². The maximum Gasteiger partial charge on any atom is 0.274 e. The minimum absolute atomic E-state index is 0.199. The zero-order valence-electron chi connectivity index (χ0n) is 12.1. The average molecular weight is 262 g/mol. The highest BCUT2D eigenvalue weighted by Crippen LogP contribution is 2.36. The Balaban J connectivity index is 2.02. The smallest absolute Gasteiger partial charge is 0.274 e. The van der Waals surface area contributed by atoms with Gasteiger partial charge < -0.3 is 4.42 Å². The van der Waals surface area contributed by atoms with Crippen molar-refractivity contribution >= 4 is 11.6 Å². The highest BCUT2D eigenvalue weighted by atomic mass is 16.3. The Kier molecular flexibility index (Phi) is 3.78. The molecule has 2 rings (SSSR count). The molecule has 0 spiro atoms. The molecule has 4 heteroatoms. The van der Waals surface area contributed by atoms with Crippen LogP contribution in [-0.4, -0.2) is 11.6 Å². The van der Waals surface area contributed by atoms with Crippen LogP contribution in [0.1, 0.15) is 56.2 Å². The lowest BCUT2D eigenvalue weighted by molar-refractivity contribution is 0.0952. The highest BCUT2D eigenvalue weighted by molar-refractivity contribution is 5.96. The molecule has 0 bridgehead atoms. The Morgan fingerprint density at radius 1 is 1.53 bits per heavy atom. The molecule has 1 amide bonds. The minimum atomic E-state index is -0.199. The van der Waals surface area contributed by atoms with E-state index in [1.807, 2.05) is 0 Å². The summed E-state index contributed by atoms with van der Waals surface area (Å²) in [6.07, 6.45) is 4.64. The zero-order valence-corrected chi connectivity index (χ0v) is 12.1. The van der Waals surface area contributed by atoms with E-state index >= 15 is 0 Å². The van der Waals surface area contributed by atoms with Gasteiger partial charge in [0, 0.05) is 5.71 Å². The first-order chi connectivity index (χ1) is 8.87. The summed E-state index contributed by atoms with van der Waals surface area (Å²) in [4.78, 5) is 11.9. The number of amides is 1. The first-order valence-corrected chi connectivity index (χ1v) is 6.77. The third-order valence-electron chi connectivity index (χ3n) is 3.59. The van der Waals surface area contributed by atoms with E-state index in [1.165, 1.54) is 12.7 Å². The van der Waals surface area contributed by atoms with E-state index in [0.29, 0.717) is 17.2 Å². The fourth-order valence-electron chi connectivity index (χ4n) is 3.01. The fraction of sp³-hybridized carbons (Fsp3) is 0.600. The van der Waals surface area contributed by atoms with Crippen molar-refractivity contribution in [1.82, 2.24) is 5.43 Å². The van der Waals surface area contributed by atoms with Crippen LogP contribution >= 0.6 is 0 Å². The summed E-state index contributed by atoms with van der Waals surface area (Å²) in [5.74, 6) is 1.04. The van der Waals surface area contributed by atoms with E-state index in [2.05, 4.69) is 31.3 Å². The number of aryl methyl sites for hydroxylation is 1. The number of nitrogens with zero attached hydrogens (tertiary/aromatic N) is 1. The number of carbonyl (C=O) groups excluding carboxylic acids is 1. The van der Waals surface area contributed by atoms with E-state index < -0.39 is 0 Å². The number of carbonyl (C=O) groups is 1. The summed E-state index contributed by atoms with van der Waals surface area (Å²) in [6.45, 7) is 8.51. The van der Waals surface area contributed by atoms with Crippen LogP contribution in [0.3, 0.4) is 0 Å². The molecule has 4 nitrogen and oxygen atoms in total. The van der Waals surface area contributed by atoms with Crippen molar-refractivity contribution < 1.29 is 9.21 Å². The van der Waals surface area contributed by atoms with Gasteiger partial charge in [-0.1, -0.05) is 20.8 Å². The van der Waals surface area contributed by atoms with E-state index in [9.17, 15) is 4.79 Å². The van der Waals surface area contributed by atoms with Crippen LogP contribution < -0.4 is 5.43 Å². The van der Waals surface area contributed by atoms with Gasteiger partial charge in [-0.05, 0) is 43.6 Å². The zero-order chi connectivity index (χ0) is 14.0. The van der Waals surface area contributed by atoms with Crippen LogP contribution in [0.25, 0.3) is 0 Å². The number of hydrazone groups is 1. The third kappa shape index (κ3) is 3.46. The SMILES string of the molecule is Cc1occc1C(=O)N/N=C1\C[C@H](C)CC(C)(C)C1. The predicted molar refractivity (Wildman–Crippen MR) is 75.1 cm³/mol. The lowest BCUT2D eigenvalue weighted by Gasteiger charge is -2.34. The van der Waals surface area contributed by atoms with Crippen molar-refractivity contribution in [2.75, 3.05) is 0 Å². The van der Waals surface area contributed by atoms with Gasteiger partial charge in [-0.3, -0.25) is 4.79 Å². The second kappa shape index (κ2) is 5.19. The number of hydrogen-bond donors (Lipinski definition) is 1. The van der Waals surface area contributed by atoms with Gasteiger partial charge >= 0.3 is 0 Å². The number of furan rings is 1. The summed E-state index contributed by atoms with van der Waals surface area (Å²) >= 11 is 0. The maximum atomic E-state index is 11.9. The Hall–Kier alpha value is -1.58. The molecule has 1 saturated carbocycles. The number of nitrogens with one attached hydrogen (secondary N) is 1. The molecule has 1 fully saturated rings. The van der Waals surface area contributed by atoms with Crippen molar-refractivity contribution in [3.63, 3.8) is 0 Å². The molecule has 1 N–H and O–H groups in total. The molecular weight excluding hydrogens is 240 g/mol. The third-order valence-corrected chi connectivity index (χ3v) is 3.59. The standard InChI is InChI=1S/C15H22N2O2/c1-10-7-12(9-15(3,4)8-10)16-17-14(18)13-5-6-19-11(13)2/h5-6,10H,7-9H2,1-4H3,(H,17,18)/b16-12+/t10-/m0/s1. The molecule has 0 saturated heterocycles. The second-order valence-electron chi connectivity index (χ2n) is 6.36. The minimum Gasteiger partial charge on any atom is -0.469 e. The van der Waals surface area contributed by atoms with Crippen molar-refractivity contribution in [3.8, 4) is 0 Å². The van der Waals surface area contributed by atoms with Crippen LogP contribution in [0.2, 0.25) is 0 Å². The topological polar surface area (TPSA) is 54.6 Å². The largest absolute Gasteiger partial charge is 0.469 e. The van der Waals surface area contributed by atoms with Gasteiger partial charge in [-0.15, -0.1) is 0 Å². The van der Waals surface area contributed by atoms with Gasteiger partial charge in [0.25, 0.3) is 5.91 Å².